The van der Waals surface area contributed by atoms with Gasteiger partial charge in [0.25, 0.3) is 0 Å². The number of anilines is 1. The van der Waals surface area contributed by atoms with Crippen molar-refractivity contribution in [2.45, 2.75) is 57.3 Å². The number of nitrogens with zero attached hydrogens (tertiary/aromatic N) is 2. The number of H-pyrrole nitrogens is 1. The quantitative estimate of drug-likeness (QED) is 0.844. The van der Waals surface area contributed by atoms with Crippen LogP contribution in [0.5, 0.6) is 0 Å². The van der Waals surface area contributed by atoms with Gasteiger partial charge in [-0.3, -0.25) is 9.59 Å². The minimum atomic E-state index is -0.427. The van der Waals surface area contributed by atoms with Crippen LogP contribution in [0.4, 0.5) is 5.95 Å². The van der Waals surface area contributed by atoms with Crippen LogP contribution in [0.2, 0.25) is 0 Å². The van der Waals surface area contributed by atoms with Crippen molar-refractivity contribution in [3.8, 4) is 0 Å². The predicted octanol–water partition coefficient (Wildman–Crippen LogP) is 3.08. The number of Topliss-reactive ketones (excluding diaryl/α,β-unsaturated/α-hetero) is 2. The monoisotopic (exact) mass is 327 g/mol. The molecule has 1 aromatic rings. The molecular formula is C19H25N3O2. The third-order valence-electron chi connectivity index (χ3n) is 6.24. The molecule has 4 aliphatic rings. The zero-order chi connectivity index (χ0) is 16.3. The minimum absolute atomic E-state index is 0.0179. The second-order valence-corrected chi connectivity index (χ2v) is 8.25. The van der Waals surface area contributed by atoms with Gasteiger partial charge in [-0.05, 0) is 37.5 Å². The van der Waals surface area contributed by atoms with E-state index in [1.54, 1.807) is 0 Å². The Labute approximate surface area is 142 Å². The first-order valence-electron chi connectivity index (χ1n) is 9.63. The van der Waals surface area contributed by atoms with Crippen molar-refractivity contribution in [2.24, 2.45) is 17.8 Å². The topological polar surface area (TPSA) is 66.1 Å². The summed E-state index contributed by atoms with van der Waals surface area (Å²) in [5.41, 5.74) is 1.40. The summed E-state index contributed by atoms with van der Waals surface area (Å²) in [4.78, 5) is 36.3. The number of rotatable bonds is 5. The lowest BCUT2D eigenvalue weighted by Crippen LogP contribution is -2.36. The molecule has 1 aliphatic heterocycles. The molecule has 0 amide bonds. The first kappa shape index (κ1) is 14.7. The van der Waals surface area contributed by atoms with Crippen LogP contribution in [-0.4, -0.2) is 34.6 Å². The Kier molecular flexibility index (Phi) is 3.32. The molecule has 2 heterocycles. The summed E-state index contributed by atoms with van der Waals surface area (Å²) in [6.45, 7) is 1.99. The fraction of sp³-hybridized carbons (Fsp3) is 0.737. The normalized spacial score (nSPS) is 30.1. The molecular weight excluding hydrogens is 302 g/mol. The van der Waals surface area contributed by atoms with Crippen LogP contribution < -0.4 is 4.90 Å². The van der Waals surface area contributed by atoms with E-state index >= 15 is 0 Å². The SMILES string of the molecule is O=C1c2nc(N3CCCC3)[nH]c2C(CC2CC2)C(=O)C1CC1CC1. The summed E-state index contributed by atoms with van der Waals surface area (Å²) in [6, 6.07) is 0. The van der Waals surface area contributed by atoms with E-state index in [9.17, 15) is 9.59 Å². The minimum Gasteiger partial charge on any atom is -0.342 e. The van der Waals surface area contributed by atoms with E-state index < -0.39 is 5.92 Å². The van der Waals surface area contributed by atoms with Gasteiger partial charge in [0.2, 0.25) is 5.95 Å². The molecule has 24 heavy (non-hydrogen) atoms. The van der Waals surface area contributed by atoms with Crippen LogP contribution in [-0.2, 0) is 4.79 Å². The molecule has 0 bridgehead atoms. The average Bonchev–Trinajstić information content (AvgIpc) is 3.47. The van der Waals surface area contributed by atoms with E-state index in [1.807, 2.05) is 0 Å². The summed E-state index contributed by atoms with van der Waals surface area (Å²) >= 11 is 0. The Bertz CT molecular complexity index is 681. The molecule has 1 N–H and O–H groups in total. The van der Waals surface area contributed by atoms with Crippen LogP contribution in [0, 0.1) is 17.8 Å². The second-order valence-electron chi connectivity index (χ2n) is 8.25. The molecule has 128 valence electrons. The van der Waals surface area contributed by atoms with Crippen molar-refractivity contribution in [3.05, 3.63) is 11.4 Å². The summed E-state index contributed by atoms with van der Waals surface area (Å²) in [7, 11) is 0. The van der Waals surface area contributed by atoms with Gasteiger partial charge in [-0.2, -0.15) is 0 Å². The molecule has 0 aromatic carbocycles. The second kappa shape index (κ2) is 5.43. The Hall–Kier alpha value is -1.65. The molecule has 2 unspecified atom stereocenters. The number of fused-ring (bicyclic) bond motifs is 1. The molecule has 5 heteroatoms. The lowest BCUT2D eigenvalue weighted by Gasteiger charge is -2.26. The largest absolute Gasteiger partial charge is 0.342 e. The van der Waals surface area contributed by atoms with Crippen LogP contribution >= 0.6 is 0 Å². The molecule has 3 aliphatic carbocycles. The van der Waals surface area contributed by atoms with Gasteiger partial charge in [0, 0.05) is 13.1 Å². The van der Waals surface area contributed by atoms with Crippen molar-refractivity contribution in [2.75, 3.05) is 18.0 Å². The maximum atomic E-state index is 13.1. The molecule has 0 radical (unpaired) electrons. The van der Waals surface area contributed by atoms with E-state index in [2.05, 4.69) is 14.9 Å². The van der Waals surface area contributed by atoms with Gasteiger partial charge < -0.3 is 9.88 Å². The Morgan fingerprint density at radius 1 is 0.958 bits per heavy atom. The van der Waals surface area contributed by atoms with E-state index in [0.29, 0.717) is 17.5 Å². The first-order valence-corrected chi connectivity index (χ1v) is 9.63. The number of aromatic nitrogens is 2. The van der Waals surface area contributed by atoms with Gasteiger partial charge in [-0.25, -0.2) is 4.98 Å². The van der Waals surface area contributed by atoms with Crippen molar-refractivity contribution in [3.63, 3.8) is 0 Å². The highest BCUT2D eigenvalue weighted by Crippen LogP contribution is 2.46. The summed E-state index contributed by atoms with van der Waals surface area (Å²) in [6.07, 6.45) is 8.82. The molecule has 2 atom stereocenters. The van der Waals surface area contributed by atoms with Crippen molar-refractivity contribution >= 4 is 17.5 Å². The van der Waals surface area contributed by atoms with E-state index in [0.717, 1.165) is 37.6 Å². The summed E-state index contributed by atoms with van der Waals surface area (Å²) in [5.74, 6) is 1.66. The first-order chi connectivity index (χ1) is 11.7. The standard InChI is InChI=1S/C19H25N3O2/c23-17-13(9-11-3-4-11)15-16(18(24)14(17)10-12-5-6-12)21-19(20-15)22-7-1-2-8-22/h11-14H,1-10H2,(H,20,21). The predicted molar refractivity (Wildman–Crippen MR) is 90.3 cm³/mol. The van der Waals surface area contributed by atoms with Gasteiger partial charge in [-0.15, -0.1) is 0 Å². The number of aromatic amines is 1. The number of carbonyl (C=O) groups excluding carboxylic acids is 2. The van der Waals surface area contributed by atoms with Gasteiger partial charge in [0.05, 0.1) is 17.5 Å². The molecule has 5 rings (SSSR count). The third kappa shape index (κ3) is 2.49. The fourth-order valence-corrected chi connectivity index (χ4v) is 4.40. The average molecular weight is 327 g/mol. The highest BCUT2D eigenvalue weighted by Gasteiger charge is 2.47. The Morgan fingerprint density at radius 3 is 2.21 bits per heavy atom. The third-order valence-corrected chi connectivity index (χ3v) is 6.24. The number of carbonyl (C=O) groups is 2. The van der Waals surface area contributed by atoms with Gasteiger partial charge in [-0.1, -0.05) is 25.7 Å². The number of hydrogen-bond donors (Lipinski definition) is 1. The molecule has 2 saturated carbocycles. The fourth-order valence-electron chi connectivity index (χ4n) is 4.40. The molecule has 1 saturated heterocycles. The number of ketones is 2. The van der Waals surface area contributed by atoms with Crippen LogP contribution in [0.1, 0.15) is 73.5 Å². The van der Waals surface area contributed by atoms with Gasteiger partial charge >= 0.3 is 0 Å². The highest BCUT2D eigenvalue weighted by atomic mass is 16.2. The Morgan fingerprint density at radius 2 is 1.58 bits per heavy atom. The number of hydrogen-bond acceptors (Lipinski definition) is 4. The molecule has 1 aromatic heterocycles. The van der Waals surface area contributed by atoms with E-state index in [4.69, 9.17) is 0 Å². The smallest absolute Gasteiger partial charge is 0.203 e. The van der Waals surface area contributed by atoms with Crippen molar-refractivity contribution in [1.82, 2.24) is 9.97 Å². The van der Waals surface area contributed by atoms with Crippen molar-refractivity contribution in [1.29, 1.82) is 0 Å². The molecule has 0 spiro atoms. The summed E-state index contributed by atoms with van der Waals surface area (Å²) < 4.78 is 0. The van der Waals surface area contributed by atoms with Gasteiger partial charge in [0.1, 0.15) is 5.69 Å². The highest BCUT2D eigenvalue weighted by molar-refractivity contribution is 6.16. The zero-order valence-electron chi connectivity index (χ0n) is 14.1. The lowest BCUT2D eigenvalue weighted by molar-refractivity contribution is -0.124. The van der Waals surface area contributed by atoms with E-state index in [-0.39, 0.29) is 17.5 Å². The van der Waals surface area contributed by atoms with Crippen LogP contribution in [0.3, 0.4) is 0 Å². The number of nitrogens with one attached hydrogen (secondary N) is 1. The Balaban J connectivity index is 1.50. The lowest BCUT2D eigenvalue weighted by atomic mass is 9.75. The van der Waals surface area contributed by atoms with Crippen LogP contribution in [0.15, 0.2) is 0 Å². The zero-order valence-corrected chi connectivity index (χ0v) is 14.1. The number of imidazole rings is 1. The summed E-state index contributed by atoms with van der Waals surface area (Å²) in [5, 5.41) is 0. The van der Waals surface area contributed by atoms with Gasteiger partial charge in [0.15, 0.2) is 11.6 Å². The maximum Gasteiger partial charge on any atom is 0.203 e. The van der Waals surface area contributed by atoms with Crippen LogP contribution in [0.25, 0.3) is 0 Å². The maximum absolute atomic E-state index is 13.1. The molecule has 5 nitrogen and oxygen atoms in total. The van der Waals surface area contributed by atoms with E-state index in [1.165, 1.54) is 38.5 Å². The van der Waals surface area contributed by atoms with Crippen molar-refractivity contribution < 1.29 is 9.59 Å². The molecule has 3 fully saturated rings.